The van der Waals surface area contributed by atoms with Crippen LogP contribution in [0.1, 0.15) is 13.8 Å². The van der Waals surface area contributed by atoms with E-state index in [1.54, 1.807) is 0 Å². The SMILES string of the molecule is CC(=O)C(=S=O)C(C)=O. The monoisotopic (exact) mass is 146 g/mol. The van der Waals surface area contributed by atoms with Gasteiger partial charge in [-0.25, -0.2) is 4.21 Å². The Morgan fingerprint density at radius 3 is 1.44 bits per heavy atom. The van der Waals surface area contributed by atoms with Crippen molar-refractivity contribution in [2.75, 3.05) is 0 Å². The second kappa shape index (κ2) is 3.29. The van der Waals surface area contributed by atoms with E-state index in [-0.39, 0.29) is 16.1 Å². The molecule has 9 heavy (non-hydrogen) atoms. The first-order valence-corrected chi connectivity index (χ1v) is 3.02. The van der Waals surface area contributed by atoms with Gasteiger partial charge in [0.2, 0.25) is 0 Å². The van der Waals surface area contributed by atoms with Crippen LogP contribution in [0.25, 0.3) is 0 Å². The minimum atomic E-state index is -0.456. The van der Waals surface area contributed by atoms with Crippen molar-refractivity contribution in [3.05, 3.63) is 0 Å². The fourth-order valence-electron chi connectivity index (χ4n) is 0.365. The van der Waals surface area contributed by atoms with E-state index in [9.17, 15) is 13.8 Å². The first-order chi connectivity index (χ1) is 4.09. The first-order valence-electron chi connectivity index (χ1n) is 2.28. The van der Waals surface area contributed by atoms with Crippen LogP contribution in [0.2, 0.25) is 0 Å². The zero-order valence-electron chi connectivity index (χ0n) is 5.13. The van der Waals surface area contributed by atoms with Gasteiger partial charge in [-0.1, -0.05) is 0 Å². The number of hydrogen-bond donors (Lipinski definition) is 0. The molecule has 0 aliphatic rings. The summed E-state index contributed by atoms with van der Waals surface area (Å²) in [7, 11) is 0. The molecule has 0 amide bonds. The van der Waals surface area contributed by atoms with Crippen molar-refractivity contribution in [2.24, 2.45) is 0 Å². The normalized spacial score (nSPS) is 8.22. The van der Waals surface area contributed by atoms with Crippen LogP contribution in [0, 0.1) is 0 Å². The minimum absolute atomic E-state index is 0.0463. The van der Waals surface area contributed by atoms with Crippen molar-refractivity contribution in [3.8, 4) is 0 Å². The molecule has 0 radical (unpaired) electrons. The maximum Gasteiger partial charge on any atom is 0.176 e. The quantitative estimate of drug-likeness (QED) is 0.391. The molecule has 0 atom stereocenters. The molecule has 0 bridgehead atoms. The highest BCUT2D eigenvalue weighted by Crippen LogP contribution is 1.77. The van der Waals surface area contributed by atoms with Crippen molar-refractivity contribution < 1.29 is 13.8 Å². The molecule has 0 aromatic rings. The summed E-state index contributed by atoms with van der Waals surface area (Å²) in [6.07, 6.45) is 0. The lowest BCUT2D eigenvalue weighted by atomic mass is 10.2. The van der Waals surface area contributed by atoms with Crippen molar-refractivity contribution in [2.45, 2.75) is 13.8 Å². The lowest BCUT2D eigenvalue weighted by Gasteiger charge is -1.85. The molecule has 0 aromatic carbocycles. The molecular weight excluding hydrogens is 140 g/mol. The van der Waals surface area contributed by atoms with E-state index in [1.165, 1.54) is 13.8 Å². The summed E-state index contributed by atoms with van der Waals surface area (Å²) in [5, 5.41) is 0. The lowest BCUT2D eigenvalue weighted by molar-refractivity contribution is -0.114. The zero-order valence-corrected chi connectivity index (χ0v) is 5.95. The highest BCUT2D eigenvalue weighted by atomic mass is 32.1. The Balaban J connectivity index is 4.59. The Hall–Kier alpha value is -0.770. The van der Waals surface area contributed by atoms with Gasteiger partial charge in [0.1, 0.15) is 11.3 Å². The van der Waals surface area contributed by atoms with Crippen LogP contribution in [0.5, 0.6) is 0 Å². The van der Waals surface area contributed by atoms with Gasteiger partial charge in [0.05, 0.1) is 0 Å². The number of rotatable bonds is 2. The van der Waals surface area contributed by atoms with Crippen molar-refractivity contribution in [1.82, 2.24) is 0 Å². The molecule has 0 saturated heterocycles. The highest BCUT2D eigenvalue weighted by molar-refractivity contribution is 7.70. The van der Waals surface area contributed by atoms with E-state index in [1.807, 2.05) is 0 Å². The lowest BCUT2D eigenvalue weighted by Crippen LogP contribution is -2.18. The summed E-state index contributed by atoms with van der Waals surface area (Å²) in [6.45, 7) is 2.39. The average Bonchev–Trinajstić information content (AvgIpc) is 1.64. The van der Waals surface area contributed by atoms with Crippen molar-refractivity contribution in [1.29, 1.82) is 0 Å². The molecule has 0 fully saturated rings. The van der Waals surface area contributed by atoms with E-state index < -0.39 is 11.6 Å². The van der Waals surface area contributed by atoms with E-state index >= 15 is 0 Å². The molecule has 3 nitrogen and oxygen atoms in total. The number of ketones is 2. The summed E-state index contributed by atoms with van der Waals surface area (Å²) >= 11 is -0.0463. The molecule has 0 saturated carbocycles. The maximum absolute atomic E-state index is 10.3. The third-order valence-corrected chi connectivity index (χ3v) is 1.46. The predicted octanol–water partition coefficient (Wildman–Crippen LogP) is -0.450. The van der Waals surface area contributed by atoms with Crippen molar-refractivity contribution in [3.63, 3.8) is 0 Å². The molecule has 50 valence electrons. The van der Waals surface area contributed by atoms with Crippen LogP contribution in [0.15, 0.2) is 0 Å². The number of carbonyl (C=O) groups is 2. The molecule has 0 N–H and O–H groups in total. The fraction of sp³-hybridized carbons (Fsp3) is 0.400. The van der Waals surface area contributed by atoms with Crippen LogP contribution in [0.3, 0.4) is 0 Å². The second-order valence-electron chi connectivity index (χ2n) is 1.52. The largest absolute Gasteiger partial charge is 0.293 e. The molecule has 0 heterocycles. The van der Waals surface area contributed by atoms with E-state index in [0.29, 0.717) is 0 Å². The number of carbonyl (C=O) groups excluding carboxylic acids is 2. The van der Waals surface area contributed by atoms with Gasteiger partial charge in [-0.15, -0.1) is 0 Å². The molecular formula is C5H6O3S. The standard InChI is InChI=1S/C5H6O3S/c1-3(6)5(9-8)4(2)7/h1-2H3. The summed E-state index contributed by atoms with van der Waals surface area (Å²) in [4.78, 5) is 20.4. The van der Waals surface area contributed by atoms with Gasteiger partial charge in [-0.3, -0.25) is 9.59 Å². The maximum atomic E-state index is 10.3. The van der Waals surface area contributed by atoms with Gasteiger partial charge in [0.25, 0.3) is 0 Å². The summed E-state index contributed by atoms with van der Waals surface area (Å²) in [5.74, 6) is -0.912. The van der Waals surface area contributed by atoms with Crippen LogP contribution < -0.4 is 0 Å². The van der Waals surface area contributed by atoms with Gasteiger partial charge in [-0.2, -0.15) is 0 Å². The van der Waals surface area contributed by atoms with Gasteiger partial charge in [0, 0.05) is 13.8 Å². The Kier molecular flexibility index (Phi) is 3.01. The molecule has 4 heteroatoms. The van der Waals surface area contributed by atoms with Gasteiger partial charge in [-0.05, 0) is 0 Å². The molecule has 0 unspecified atom stereocenters. The Morgan fingerprint density at radius 1 is 1.11 bits per heavy atom. The number of Topliss-reactive ketones (excluding diaryl/α,β-unsaturated/α-hetero) is 2. The molecule has 0 aliphatic heterocycles. The second-order valence-corrected chi connectivity index (χ2v) is 2.10. The van der Waals surface area contributed by atoms with Gasteiger partial charge >= 0.3 is 0 Å². The third kappa shape index (κ3) is 2.32. The molecule has 0 aliphatic carbocycles. The Morgan fingerprint density at radius 2 is 1.44 bits per heavy atom. The number of hydrogen-bond acceptors (Lipinski definition) is 3. The smallest absolute Gasteiger partial charge is 0.176 e. The van der Waals surface area contributed by atoms with E-state index in [0.717, 1.165) is 0 Å². The van der Waals surface area contributed by atoms with Gasteiger partial charge < -0.3 is 0 Å². The highest BCUT2D eigenvalue weighted by Gasteiger charge is 2.09. The predicted molar refractivity (Wildman–Crippen MR) is 34.5 cm³/mol. The molecule has 0 aromatic heterocycles. The first kappa shape index (κ1) is 8.23. The van der Waals surface area contributed by atoms with Crippen LogP contribution in [-0.2, 0) is 20.8 Å². The third-order valence-electron chi connectivity index (χ3n) is 0.723. The summed E-state index contributed by atoms with van der Waals surface area (Å²) < 4.78 is 9.95. The fourth-order valence-corrected chi connectivity index (χ4v) is 0.600. The van der Waals surface area contributed by atoms with Crippen LogP contribution in [-0.4, -0.2) is 20.6 Å². The van der Waals surface area contributed by atoms with Crippen LogP contribution >= 0.6 is 0 Å². The van der Waals surface area contributed by atoms with Crippen LogP contribution in [0.4, 0.5) is 0 Å². The van der Waals surface area contributed by atoms with E-state index in [4.69, 9.17) is 0 Å². The molecule has 0 spiro atoms. The average molecular weight is 146 g/mol. The minimum Gasteiger partial charge on any atom is -0.293 e. The Labute approximate surface area is 56.1 Å². The summed E-state index contributed by atoms with van der Waals surface area (Å²) in [6, 6.07) is 0. The summed E-state index contributed by atoms with van der Waals surface area (Å²) in [5.41, 5.74) is 0. The van der Waals surface area contributed by atoms with E-state index in [2.05, 4.69) is 0 Å². The topological polar surface area (TPSA) is 51.2 Å². The Bertz CT molecular complexity index is 184. The molecule has 0 rings (SSSR count). The van der Waals surface area contributed by atoms with Crippen molar-refractivity contribution >= 4 is 27.7 Å². The van der Waals surface area contributed by atoms with Gasteiger partial charge in [0.15, 0.2) is 16.4 Å². The zero-order chi connectivity index (χ0) is 7.44.